The third-order valence-corrected chi connectivity index (χ3v) is 2.47. The molecule has 0 amide bonds. The molecule has 0 radical (unpaired) electrons. The van der Waals surface area contributed by atoms with E-state index >= 15 is 0 Å². The van der Waals surface area contributed by atoms with Gasteiger partial charge in [-0.3, -0.25) is 4.79 Å². The van der Waals surface area contributed by atoms with Crippen molar-refractivity contribution in [1.29, 1.82) is 0 Å². The second-order valence-electron chi connectivity index (χ2n) is 3.80. The van der Waals surface area contributed by atoms with Gasteiger partial charge in [-0.2, -0.15) is 0 Å². The fourth-order valence-electron chi connectivity index (χ4n) is 1.15. The molecule has 1 N–H and O–H groups in total. The molecule has 0 aliphatic carbocycles. The Morgan fingerprint density at radius 3 is 2.31 bits per heavy atom. The van der Waals surface area contributed by atoms with Crippen molar-refractivity contribution in [1.82, 2.24) is 0 Å². The Hall–Kier alpha value is -0.790. The summed E-state index contributed by atoms with van der Waals surface area (Å²) in [5.74, 6) is -0.416. The number of carboxylic acid groups (broad SMARTS) is 1. The highest BCUT2D eigenvalue weighted by atomic mass is 16.4. The van der Waals surface area contributed by atoms with Gasteiger partial charge in [-0.25, -0.2) is 0 Å². The van der Waals surface area contributed by atoms with Gasteiger partial charge in [-0.1, -0.05) is 32.9 Å². The average molecular weight is 184 g/mol. The molecule has 0 aliphatic rings. The van der Waals surface area contributed by atoms with Crippen molar-refractivity contribution in [2.75, 3.05) is 0 Å². The van der Waals surface area contributed by atoms with Gasteiger partial charge in [0.05, 0.1) is 5.92 Å². The van der Waals surface area contributed by atoms with E-state index in [0.29, 0.717) is 12.3 Å². The van der Waals surface area contributed by atoms with E-state index in [2.05, 4.69) is 20.4 Å². The molecule has 0 fully saturated rings. The van der Waals surface area contributed by atoms with Crippen LogP contribution in [0, 0.1) is 11.8 Å². The van der Waals surface area contributed by atoms with Gasteiger partial charge in [-0.15, -0.1) is 0 Å². The van der Waals surface area contributed by atoms with Gasteiger partial charge >= 0.3 is 5.97 Å². The first kappa shape index (κ1) is 12.2. The number of hydrogen-bond acceptors (Lipinski definition) is 1. The van der Waals surface area contributed by atoms with Gasteiger partial charge in [0, 0.05) is 0 Å². The number of allylic oxidation sites excluding steroid dienone is 1. The number of carbonyl (C=O) groups is 1. The molecule has 0 bridgehead atoms. The minimum atomic E-state index is -0.681. The van der Waals surface area contributed by atoms with Crippen LogP contribution in [0.2, 0.25) is 0 Å². The van der Waals surface area contributed by atoms with E-state index in [4.69, 9.17) is 5.11 Å². The van der Waals surface area contributed by atoms with E-state index in [1.165, 1.54) is 0 Å². The highest BCUT2D eigenvalue weighted by Crippen LogP contribution is 2.19. The quantitative estimate of drug-likeness (QED) is 0.644. The molecule has 0 saturated heterocycles. The highest BCUT2D eigenvalue weighted by molar-refractivity contribution is 5.69. The maximum atomic E-state index is 10.7. The van der Waals surface area contributed by atoms with Crippen LogP contribution in [-0.4, -0.2) is 11.1 Å². The predicted molar refractivity (Wildman–Crippen MR) is 54.6 cm³/mol. The van der Waals surface area contributed by atoms with Crippen molar-refractivity contribution >= 4 is 5.97 Å². The lowest BCUT2D eigenvalue weighted by Crippen LogP contribution is -2.13. The molecular formula is C11H20O2. The Bertz CT molecular complexity index is 183. The zero-order valence-corrected chi connectivity index (χ0v) is 8.84. The summed E-state index contributed by atoms with van der Waals surface area (Å²) in [6, 6.07) is 0. The Labute approximate surface area is 80.7 Å². The second-order valence-corrected chi connectivity index (χ2v) is 3.80. The third-order valence-electron chi connectivity index (χ3n) is 2.47. The van der Waals surface area contributed by atoms with Crippen LogP contribution in [-0.2, 0) is 4.79 Å². The van der Waals surface area contributed by atoms with Crippen LogP contribution >= 0.6 is 0 Å². The molecule has 0 heterocycles. The summed E-state index contributed by atoms with van der Waals surface area (Å²) in [5, 5.41) is 8.80. The van der Waals surface area contributed by atoms with Crippen LogP contribution in [0.4, 0.5) is 0 Å². The minimum Gasteiger partial charge on any atom is -0.481 e. The van der Waals surface area contributed by atoms with Crippen LogP contribution in [0.15, 0.2) is 12.2 Å². The number of hydrogen-bond donors (Lipinski definition) is 1. The lowest BCUT2D eigenvalue weighted by molar-refractivity contribution is -0.142. The molecule has 0 aromatic heterocycles. The first-order valence-corrected chi connectivity index (χ1v) is 4.89. The van der Waals surface area contributed by atoms with E-state index in [1.54, 1.807) is 0 Å². The molecule has 0 spiro atoms. The summed E-state index contributed by atoms with van der Waals surface area (Å²) >= 11 is 0. The first-order valence-electron chi connectivity index (χ1n) is 4.89. The van der Waals surface area contributed by atoms with Crippen LogP contribution in [0.25, 0.3) is 0 Å². The van der Waals surface area contributed by atoms with E-state index < -0.39 is 5.97 Å². The summed E-state index contributed by atoms with van der Waals surface area (Å²) in [4.78, 5) is 10.7. The Morgan fingerprint density at radius 1 is 1.46 bits per heavy atom. The molecular weight excluding hydrogens is 164 g/mol. The van der Waals surface area contributed by atoms with Gasteiger partial charge in [0.15, 0.2) is 0 Å². The summed E-state index contributed by atoms with van der Waals surface area (Å²) < 4.78 is 0. The topological polar surface area (TPSA) is 37.3 Å². The molecule has 0 saturated carbocycles. The van der Waals surface area contributed by atoms with E-state index in [1.807, 2.05) is 6.92 Å². The number of rotatable bonds is 6. The molecule has 0 aromatic rings. The van der Waals surface area contributed by atoms with Crippen molar-refractivity contribution in [2.24, 2.45) is 11.8 Å². The smallest absolute Gasteiger partial charge is 0.306 e. The molecule has 2 heteroatoms. The zero-order valence-electron chi connectivity index (χ0n) is 8.84. The van der Waals surface area contributed by atoms with Crippen LogP contribution < -0.4 is 0 Å². The largest absolute Gasteiger partial charge is 0.481 e. The summed E-state index contributed by atoms with van der Waals surface area (Å²) in [6.07, 6.45) is 2.27. The van der Waals surface area contributed by atoms with Gasteiger partial charge in [0.1, 0.15) is 0 Å². The number of aliphatic carboxylic acids is 1. The van der Waals surface area contributed by atoms with Crippen molar-refractivity contribution in [3.8, 4) is 0 Å². The van der Waals surface area contributed by atoms with Gasteiger partial charge < -0.3 is 5.11 Å². The maximum absolute atomic E-state index is 10.7. The molecule has 2 nitrogen and oxygen atoms in total. The normalized spacial score (nSPS) is 12.9. The second kappa shape index (κ2) is 5.79. The van der Waals surface area contributed by atoms with Crippen molar-refractivity contribution in [3.63, 3.8) is 0 Å². The predicted octanol–water partition coefficient (Wildman–Crippen LogP) is 3.09. The van der Waals surface area contributed by atoms with Gasteiger partial charge in [0.2, 0.25) is 0 Å². The zero-order chi connectivity index (χ0) is 10.4. The van der Waals surface area contributed by atoms with E-state index in [0.717, 1.165) is 18.4 Å². The molecule has 0 aromatic carbocycles. The van der Waals surface area contributed by atoms with Crippen LogP contribution in [0.5, 0.6) is 0 Å². The van der Waals surface area contributed by atoms with Gasteiger partial charge in [-0.05, 0) is 25.2 Å². The summed E-state index contributed by atoms with van der Waals surface area (Å²) in [7, 11) is 0. The summed E-state index contributed by atoms with van der Waals surface area (Å²) in [5.41, 5.74) is 1.15. The highest BCUT2D eigenvalue weighted by Gasteiger charge is 2.15. The monoisotopic (exact) mass is 184 g/mol. The Kier molecular flexibility index (Phi) is 5.44. The third kappa shape index (κ3) is 4.71. The van der Waals surface area contributed by atoms with E-state index in [-0.39, 0.29) is 5.92 Å². The average Bonchev–Trinajstić information content (AvgIpc) is 2.04. The molecule has 76 valence electrons. The maximum Gasteiger partial charge on any atom is 0.306 e. The lowest BCUT2D eigenvalue weighted by atomic mass is 9.93. The number of carboxylic acids is 1. The van der Waals surface area contributed by atoms with Crippen LogP contribution in [0.1, 0.15) is 40.0 Å². The summed E-state index contributed by atoms with van der Waals surface area (Å²) in [6.45, 7) is 10.0. The van der Waals surface area contributed by atoms with E-state index in [9.17, 15) is 4.79 Å². The molecule has 0 aliphatic heterocycles. The molecule has 13 heavy (non-hydrogen) atoms. The Morgan fingerprint density at radius 2 is 2.00 bits per heavy atom. The lowest BCUT2D eigenvalue weighted by Gasteiger charge is -2.12. The van der Waals surface area contributed by atoms with Crippen molar-refractivity contribution in [2.45, 2.75) is 40.0 Å². The van der Waals surface area contributed by atoms with Crippen molar-refractivity contribution in [3.05, 3.63) is 12.2 Å². The fourth-order valence-corrected chi connectivity index (χ4v) is 1.15. The molecule has 0 rings (SSSR count). The van der Waals surface area contributed by atoms with Crippen LogP contribution in [0.3, 0.4) is 0 Å². The fraction of sp³-hybridized carbons (Fsp3) is 0.727. The van der Waals surface area contributed by atoms with Crippen molar-refractivity contribution < 1.29 is 9.90 Å². The Balaban J connectivity index is 3.85. The van der Waals surface area contributed by atoms with Gasteiger partial charge in [0.25, 0.3) is 0 Å². The standard InChI is InChI=1S/C11H20O2/c1-5-10(11(12)13)7-6-9(4)8(2)3/h8,10H,4-7H2,1-3H3,(H,12,13)/t10-/m1/s1. The minimum absolute atomic E-state index is 0.199. The first-order chi connectivity index (χ1) is 5.99. The molecule has 1 atom stereocenters. The SMILES string of the molecule is C=C(CC[C@@H](CC)C(=O)O)C(C)C. The molecule has 0 unspecified atom stereocenters.